The zero-order valence-electron chi connectivity index (χ0n) is 38.4. The smallest absolute Gasteiger partial charge is 0.0709 e. The van der Waals surface area contributed by atoms with Gasteiger partial charge in [-0.15, -0.1) is 34.0 Å². The van der Waals surface area contributed by atoms with Crippen molar-refractivity contribution < 1.29 is 0 Å². The highest BCUT2D eigenvalue weighted by Gasteiger charge is 2.25. The molecule has 71 heavy (non-hydrogen) atoms. The van der Waals surface area contributed by atoms with Crippen LogP contribution in [-0.4, -0.2) is 13.7 Å². The van der Waals surface area contributed by atoms with Crippen LogP contribution in [0, 0.1) is 6.92 Å². The number of fused-ring (bicyclic) bond motifs is 18. The molecule has 0 unspecified atom stereocenters. The molecule has 0 aliphatic heterocycles. The summed E-state index contributed by atoms with van der Waals surface area (Å²) in [6.07, 6.45) is 4.18. The highest BCUT2D eigenvalue weighted by molar-refractivity contribution is 7.26. The Labute approximate surface area is 418 Å². The molecule has 0 spiro atoms. The van der Waals surface area contributed by atoms with E-state index in [0.29, 0.717) is 0 Å². The molecule has 6 heterocycles. The van der Waals surface area contributed by atoms with Crippen molar-refractivity contribution in [2.24, 2.45) is 0 Å². The largest absolute Gasteiger partial charge is 0.309 e. The van der Waals surface area contributed by atoms with Gasteiger partial charge in [0.15, 0.2) is 0 Å². The third-order valence-electron chi connectivity index (χ3n) is 15.1. The SMILES string of the molecule is C=C/C=C(\c1cc(-n2c3ccccc3c3cc4c(cc32)sc2ccccc24)c(-n2c3ccccc3c3cc4c(cc32)sc2ccccc24)cc1C)n1c2ccccc2c2cc3c(cc21)sc1ccccc13. The minimum absolute atomic E-state index is 1.08. The van der Waals surface area contributed by atoms with Gasteiger partial charge in [-0.25, -0.2) is 0 Å². The monoisotopic (exact) mass is 957 g/mol. The number of benzene rings is 10. The van der Waals surface area contributed by atoms with Gasteiger partial charge in [-0.1, -0.05) is 122 Å². The van der Waals surface area contributed by atoms with Crippen LogP contribution in [0.2, 0.25) is 0 Å². The molecule has 16 rings (SSSR count). The number of aromatic nitrogens is 3. The van der Waals surface area contributed by atoms with Gasteiger partial charge in [0.05, 0.1) is 50.2 Å². The second kappa shape index (κ2) is 14.6. The molecule has 0 aliphatic carbocycles. The Balaban J connectivity index is 1.05. The van der Waals surface area contributed by atoms with E-state index < -0.39 is 0 Å². The van der Waals surface area contributed by atoms with Gasteiger partial charge in [0.1, 0.15) is 0 Å². The lowest BCUT2D eigenvalue weighted by molar-refractivity contribution is 1.08. The number of thiophene rings is 3. The number of hydrogen-bond donors (Lipinski definition) is 0. The predicted molar refractivity (Wildman–Crippen MR) is 312 cm³/mol. The lowest BCUT2D eigenvalue weighted by Crippen LogP contribution is -2.08. The number of hydrogen-bond acceptors (Lipinski definition) is 3. The molecular formula is C65H39N3S3. The van der Waals surface area contributed by atoms with Crippen LogP contribution in [0.5, 0.6) is 0 Å². The first-order valence-corrected chi connectivity index (χ1v) is 26.5. The van der Waals surface area contributed by atoms with E-state index in [1.165, 1.54) is 131 Å². The first-order valence-electron chi connectivity index (χ1n) is 24.1. The summed E-state index contributed by atoms with van der Waals surface area (Å²) < 4.78 is 15.4. The topological polar surface area (TPSA) is 14.8 Å². The molecule has 10 aromatic carbocycles. The van der Waals surface area contributed by atoms with Crippen molar-refractivity contribution in [3.63, 3.8) is 0 Å². The molecule has 3 nitrogen and oxygen atoms in total. The van der Waals surface area contributed by atoms with E-state index in [4.69, 9.17) is 0 Å². The van der Waals surface area contributed by atoms with Crippen LogP contribution in [0.25, 0.3) is 143 Å². The van der Waals surface area contributed by atoms with Crippen LogP contribution in [0.3, 0.4) is 0 Å². The maximum atomic E-state index is 4.38. The average Bonchev–Trinajstić information content (AvgIpc) is 4.25. The van der Waals surface area contributed by atoms with Gasteiger partial charge in [0, 0.05) is 98.4 Å². The summed E-state index contributed by atoms with van der Waals surface area (Å²) in [5.41, 5.74) is 12.7. The number of aryl methyl sites for hydroxylation is 1. The van der Waals surface area contributed by atoms with Crippen molar-refractivity contribution in [1.29, 1.82) is 0 Å². The molecule has 0 bridgehead atoms. The Bertz CT molecular complexity index is 5040. The number of allylic oxidation sites excluding steroid dienone is 2. The van der Waals surface area contributed by atoms with Gasteiger partial charge in [0.25, 0.3) is 0 Å². The summed E-state index contributed by atoms with van der Waals surface area (Å²) in [5, 5.41) is 15.3. The molecule has 0 aliphatic rings. The van der Waals surface area contributed by atoms with Crippen molar-refractivity contribution in [2.45, 2.75) is 6.92 Å². The second-order valence-electron chi connectivity index (χ2n) is 18.9. The minimum Gasteiger partial charge on any atom is -0.309 e. The summed E-state index contributed by atoms with van der Waals surface area (Å²) in [6.45, 7) is 6.67. The summed E-state index contributed by atoms with van der Waals surface area (Å²) in [6, 6.07) is 73.0. The van der Waals surface area contributed by atoms with Crippen molar-refractivity contribution in [3.8, 4) is 11.4 Å². The summed E-state index contributed by atoms with van der Waals surface area (Å²) in [4.78, 5) is 0. The van der Waals surface area contributed by atoms with Crippen LogP contribution in [0.15, 0.2) is 213 Å². The maximum Gasteiger partial charge on any atom is 0.0709 e. The van der Waals surface area contributed by atoms with Gasteiger partial charge in [-0.3, -0.25) is 0 Å². The minimum atomic E-state index is 1.08. The number of nitrogens with zero attached hydrogens (tertiary/aromatic N) is 3. The average molecular weight is 958 g/mol. The lowest BCUT2D eigenvalue weighted by atomic mass is 10.0. The van der Waals surface area contributed by atoms with Crippen LogP contribution in [0.1, 0.15) is 11.1 Å². The lowest BCUT2D eigenvalue weighted by Gasteiger charge is -2.22. The second-order valence-corrected chi connectivity index (χ2v) is 22.1. The Morgan fingerprint density at radius 2 is 0.732 bits per heavy atom. The van der Waals surface area contributed by atoms with E-state index in [9.17, 15) is 0 Å². The fourth-order valence-electron chi connectivity index (χ4n) is 12.1. The van der Waals surface area contributed by atoms with E-state index in [1.54, 1.807) is 0 Å². The molecule has 0 fully saturated rings. The van der Waals surface area contributed by atoms with Crippen LogP contribution >= 0.6 is 34.0 Å². The van der Waals surface area contributed by atoms with Crippen molar-refractivity contribution >= 4 is 166 Å². The first-order chi connectivity index (χ1) is 35.1. The number of rotatable bonds is 5. The normalized spacial score (nSPS) is 12.7. The van der Waals surface area contributed by atoms with Crippen LogP contribution in [0.4, 0.5) is 0 Å². The molecular weight excluding hydrogens is 919 g/mol. The molecule has 332 valence electrons. The summed E-state index contributed by atoms with van der Waals surface area (Å²) >= 11 is 5.63. The molecule has 0 saturated carbocycles. The highest BCUT2D eigenvalue weighted by Crippen LogP contribution is 2.47. The zero-order valence-corrected chi connectivity index (χ0v) is 40.9. The van der Waals surface area contributed by atoms with Crippen LogP contribution < -0.4 is 0 Å². The van der Waals surface area contributed by atoms with Gasteiger partial charge < -0.3 is 13.7 Å². The third-order valence-corrected chi connectivity index (χ3v) is 18.5. The Morgan fingerprint density at radius 1 is 0.352 bits per heavy atom. The van der Waals surface area contributed by atoms with E-state index in [-0.39, 0.29) is 0 Å². The van der Waals surface area contributed by atoms with Crippen molar-refractivity contribution in [2.75, 3.05) is 0 Å². The van der Waals surface area contributed by atoms with Gasteiger partial charge in [-0.05, 0) is 103 Å². The van der Waals surface area contributed by atoms with E-state index in [1.807, 2.05) is 40.1 Å². The first kappa shape index (κ1) is 39.6. The predicted octanol–water partition coefficient (Wildman–Crippen LogP) is 19.5. The van der Waals surface area contributed by atoms with Gasteiger partial charge in [-0.2, -0.15) is 0 Å². The maximum absolute atomic E-state index is 4.38. The van der Waals surface area contributed by atoms with Crippen LogP contribution in [-0.2, 0) is 0 Å². The number of para-hydroxylation sites is 3. The highest BCUT2D eigenvalue weighted by atomic mass is 32.1. The van der Waals surface area contributed by atoms with Gasteiger partial charge >= 0.3 is 0 Å². The molecule has 0 atom stereocenters. The molecule has 0 N–H and O–H groups in total. The fourth-order valence-corrected chi connectivity index (χ4v) is 15.4. The molecule has 0 saturated heterocycles. The fraction of sp³-hybridized carbons (Fsp3) is 0.0154. The Kier molecular flexibility index (Phi) is 8.16. The Hall–Kier alpha value is -8.26. The van der Waals surface area contributed by atoms with Crippen molar-refractivity contribution in [3.05, 3.63) is 224 Å². The molecule has 16 aromatic rings. The van der Waals surface area contributed by atoms with Gasteiger partial charge in [0.2, 0.25) is 0 Å². The molecule has 0 radical (unpaired) electrons. The van der Waals surface area contributed by atoms with E-state index >= 15 is 0 Å². The molecule has 0 amide bonds. The Morgan fingerprint density at radius 3 is 1.21 bits per heavy atom. The quantitative estimate of drug-likeness (QED) is 0.153. The van der Waals surface area contributed by atoms with Crippen molar-refractivity contribution in [1.82, 2.24) is 13.7 Å². The summed E-state index contributed by atoms with van der Waals surface area (Å²) in [5.74, 6) is 0. The van der Waals surface area contributed by atoms with E-state index in [2.05, 4.69) is 227 Å². The third kappa shape index (κ3) is 5.47. The van der Waals surface area contributed by atoms with E-state index in [0.717, 1.165) is 22.6 Å². The zero-order chi connectivity index (χ0) is 46.6. The molecule has 6 aromatic heterocycles. The summed E-state index contributed by atoms with van der Waals surface area (Å²) in [7, 11) is 0. The standard InChI is InChI=1S/C65H39N3S3/c1-3-16-51(66-52-23-10-4-17-38(52)45-30-48-41-20-7-13-26-60(41)69-63(48)34-55(45)66)44-33-59(68-54-25-12-6-19-40(54)47-32-50-43-22-9-15-28-62(43)71-65(50)36-57(47)68)58(29-37(44)2)67-53-24-11-5-18-39(53)46-31-49-42-21-8-14-27-61(42)70-64(49)35-56(46)67/h3-36H,1H2,2H3/b51-16+. The molecule has 6 heteroatoms.